The number of fused-ring (bicyclic) bond motifs is 1. The maximum absolute atomic E-state index is 4.26. The summed E-state index contributed by atoms with van der Waals surface area (Å²) in [7, 11) is 11.1. The molecule has 2 rings (SSSR count). The van der Waals surface area contributed by atoms with Crippen LogP contribution in [0.1, 0.15) is 0 Å². The van der Waals surface area contributed by atoms with E-state index in [2.05, 4.69) is 33.1 Å². The highest BCUT2D eigenvalue weighted by molar-refractivity contribution is 4.89. The van der Waals surface area contributed by atoms with Gasteiger partial charge in [-0.05, 0) is 13.6 Å². The van der Waals surface area contributed by atoms with Crippen LogP contribution in [0.2, 0.25) is 0 Å². The van der Waals surface area contributed by atoms with Gasteiger partial charge in [-0.3, -0.25) is 0 Å². The molecule has 0 aromatic heterocycles. The molecule has 2 unspecified atom stereocenters. The maximum atomic E-state index is 4.26. The fourth-order valence-corrected chi connectivity index (χ4v) is 2.58. The van der Waals surface area contributed by atoms with E-state index in [1.165, 1.54) is 37.2 Å². The van der Waals surface area contributed by atoms with Gasteiger partial charge in [0.25, 0.3) is 0 Å². The Labute approximate surface area is 88.1 Å². The second-order valence-electron chi connectivity index (χ2n) is 5.65. The molecule has 0 radical (unpaired) electrons. The SMILES string of the molecule is [CH2-][N+]1(C)CC[N+]2(C)CCN(C)C[C-]2C1. The number of hydrogen-bond donors (Lipinski definition) is 0. The van der Waals surface area contributed by atoms with E-state index in [9.17, 15) is 0 Å². The second kappa shape index (κ2) is 3.19. The lowest BCUT2D eigenvalue weighted by atomic mass is 10.0. The van der Waals surface area contributed by atoms with Crippen molar-refractivity contribution < 1.29 is 8.97 Å². The molecule has 2 saturated heterocycles. The van der Waals surface area contributed by atoms with E-state index >= 15 is 0 Å². The van der Waals surface area contributed by atoms with Crippen molar-refractivity contribution in [1.29, 1.82) is 0 Å². The minimum atomic E-state index is 0.928. The molecule has 0 bridgehead atoms. The van der Waals surface area contributed by atoms with Crippen LogP contribution in [-0.4, -0.2) is 74.3 Å². The van der Waals surface area contributed by atoms with Gasteiger partial charge in [0.15, 0.2) is 0 Å². The Kier molecular flexibility index (Phi) is 2.37. The minimum absolute atomic E-state index is 0.928. The average molecular weight is 197 g/mol. The average Bonchev–Trinajstić information content (AvgIpc) is 2.08. The van der Waals surface area contributed by atoms with Crippen molar-refractivity contribution >= 4 is 0 Å². The number of nitrogens with zero attached hydrogens (tertiary/aromatic N) is 3. The number of rotatable bonds is 0. The molecule has 2 atom stereocenters. The molecule has 0 aromatic carbocycles. The summed E-state index contributed by atoms with van der Waals surface area (Å²) in [4.78, 5) is 2.43. The van der Waals surface area contributed by atoms with Crippen molar-refractivity contribution in [1.82, 2.24) is 4.90 Å². The van der Waals surface area contributed by atoms with Gasteiger partial charge in [0, 0.05) is 20.6 Å². The van der Waals surface area contributed by atoms with Crippen molar-refractivity contribution in [2.45, 2.75) is 0 Å². The summed E-state index contributed by atoms with van der Waals surface area (Å²) in [5.74, 6) is 0. The molecule has 2 fully saturated rings. The fourth-order valence-electron chi connectivity index (χ4n) is 2.58. The third kappa shape index (κ3) is 1.81. The van der Waals surface area contributed by atoms with Crippen LogP contribution in [0.5, 0.6) is 0 Å². The highest BCUT2D eigenvalue weighted by Gasteiger charge is 2.35. The largest absolute Gasteiger partial charge is 0.475 e. The molecule has 2 heterocycles. The predicted molar refractivity (Wildman–Crippen MR) is 57.9 cm³/mol. The summed E-state index contributed by atoms with van der Waals surface area (Å²) in [6.07, 6.45) is 0. The zero-order chi connectivity index (χ0) is 10.4. The Balaban J connectivity index is 2.11. The first kappa shape index (κ1) is 10.4. The molecule has 0 N–H and O–H groups in total. The predicted octanol–water partition coefficient (Wildman–Crippen LogP) is 0.162. The van der Waals surface area contributed by atoms with E-state index in [1.807, 2.05) is 0 Å². The minimum Gasteiger partial charge on any atom is -0.475 e. The molecular formula is C11H23N3. The van der Waals surface area contributed by atoms with Gasteiger partial charge in [-0.2, -0.15) is 7.05 Å². The summed E-state index contributed by atoms with van der Waals surface area (Å²) in [6.45, 7) is 7.32. The lowest BCUT2D eigenvalue weighted by Gasteiger charge is -2.64. The van der Waals surface area contributed by atoms with E-state index in [1.54, 1.807) is 6.04 Å². The molecule has 0 saturated carbocycles. The van der Waals surface area contributed by atoms with Crippen molar-refractivity contribution in [3.63, 3.8) is 0 Å². The van der Waals surface area contributed by atoms with E-state index in [0.717, 1.165) is 11.0 Å². The summed E-state index contributed by atoms with van der Waals surface area (Å²) in [6, 6.07) is 1.67. The Bertz CT molecular complexity index is 227. The Morgan fingerprint density at radius 1 is 1.21 bits per heavy atom. The van der Waals surface area contributed by atoms with E-state index < -0.39 is 0 Å². The monoisotopic (exact) mass is 197 g/mol. The summed E-state index contributed by atoms with van der Waals surface area (Å²) in [5.41, 5.74) is 0. The smallest absolute Gasteiger partial charge is 0.103 e. The first-order valence-electron chi connectivity index (χ1n) is 5.49. The molecule has 3 heteroatoms. The third-order valence-corrected chi connectivity index (χ3v) is 3.89. The van der Waals surface area contributed by atoms with Crippen molar-refractivity contribution in [2.24, 2.45) is 0 Å². The first-order valence-corrected chi connectivity index (χ1v) is 5.49. The van der Waals surface area contributed by atoms with Gasteiger partial charge in [0.1, 0.15) is 13.1 Å². The standard InChI is InChI=1S/C11H23N3/c1-12-5-6-14(4)8-7-13(2,3)10-11(14)9-12/h2,5-10H2,1,3-4H3. The number of piperazine rings is 2. The van der Waals surface area contributed by atoms with Crippen molar-refractivity contribution in [2.75, 3.05) is 60.4 Å². The number of likely N-dealkylation sites (N-methyl/N-ethyl adjacent to an activating group) is 3. The van der Waals surface area contributed by atoms with Gasteiger partial charge < -0.3 is 13.9 Å². The summed E-state index contributed by atoms with van der Waals surface area (Å²) < 4.78 is 2.13. The second-order valence-corrected chi connectivity index (χ2v) is 5.65. The van der Waals surface area contributed by atoms with Gasteiger partial charge in [0.05, 0.1) is 6.54 Å². The maximum Gasteiger partial charge on any atom is 0.103 e. The van der Waals surface area contributed by atoms with Gasteiger partial charge in [-0.15, -0.1) is 0 Å². The molecule has 0 aliphatic carbocycles. The number of hydrogen-bond acceptors (Lipinski definition) is 1. The van der Waals surface area contributed by atoms with Crippen LogP contribution in [0.15, 0.2) is 0 Å². The Morgan fingerprint density at radius 3 is 2.64 bits per heavy atom. The normalized spacial score (nSPS) is 46.3. The first-order chi connectivity index (χ1) is 6.41. The molecule has 82 valence electrons. The van der Waals surface area contributed by atoms with Crippen LogP contribution in [0.4, 0.5) is 0 Å². The molecule has 3 nitrogen and oxygen atoms in total. The summed E-state index contributed by atoms with van der Waals surface area (Å²) in [5, 5.41) is 0. The van der Waals surface area contributed by atoms with E-state index in [0.29, 0.717) is 0 Å². The Hall–Kier alpha value is -0.120. The molecule has 0 spiro atoms. The molecule has 0 aromatic rings. The fraction of sp³-hybridized carbons (Fsp3) is 0.818. The lowest BCUT2D eigenvalue weighted by molar-refractivity contribution is -0.991. The third-order valence-electron chi connectivity index (χ3n) is 3.89. The van der Waals surface area contributed by atoms with Crippen LogP contribution < -0.4 is 0 Å². The van der Waals surface area contributed by atoms with Crippen LogP contribution in [0, 0.1) is 13.1 Å². The van der Waals surface area contributed by atoms with E-state index in [-0.39, 0.29) is 0 Å². The molecule has 14 heavy (non-hydrogen) atoms. The van der Waals surface area contributed by atoms with Gasteiger partial charge in [0.2, 0.25) is 0 Å². The quantitative estimate of drug-likeness (QED) is 0.395. The van der Waals surface area contributed by atoms with Gasteiger partial charge >= 0.3 is 0 Å². The van der Waals surface area contributed by atoms with Gasteiger partial charge in [-0.1, -0.05) is 12.6 Å². The lowest BCUT2D eigenvalue weighted by Crippen LogP contribution is -2.68. The zero-order valence-corrected chi connectivity index (χ0v) is 9.79. The van der Waals surface area contributed by atoms with Crippen LogP contribution in [0.3, 0.4) is 0 Å². The topological polar surface area (TPSA) is 3.24 Å². The van der Waals surface area contributed by atoms with E-state index in [4.69, 9.17) is 0 Å². The van der Waals surface area contributed by atoms with Crippen LogP contribution in [-0.2, 0) is 0 Å². The molecule has 0 amide bonds. The molecular weight excluding hydrogens is 174 g/mol. The zero-order valence-electron chi connectivity index (χ0n) is 9.79. The van der Waals surface area contributed by atoms with Crippen LogP contribution >= 0.6 is 0 Å². The van der Waals surface area contributed by atoms with Gasteiger partial charge in [-0.25, -0.2) is 0 Å². The highest BCUT2D eigenvalue weighted by Crippen LogP contribution is 2.29. The molecule has 2 aliphatic heterocycles. The number of quaternary nitrogens is 2. The summed E-state index contributed by atoms with van der Waals surface area (Å²) >= 11 is 0. The van der Waals surface area contributed by atoms with Crippen molar-refractivity contribution in [3.8, 4) is 0 Å². The molecule has 2 aliphatic rings. The van der Waals surface area contributed by atoms with Crippen molar-refractivity contribution in [3.05, 3.63) is 13.1 Å². The van der Waals surface area contributed by atoms with Crippen LogP contribution in [0.25, 0.3) is 0 Å². The highest BCUT2D eigenvalue weighted by atomic mass is 15.5. The Morgan fingerprint density at radius 2 is 1.93 bits per heavy atom.